The second-order valence-electron chi connectivity index (χ2n) is 4.95. The van der Waals surface area contributed by atoms with Crippen molar-refractivity contribution in [3.05, 3.63) is 23.9 Å². The maximum absolute atomic E-state index is 4.40. The van der Waals surface area contributed by atoms with Crippen molar-refractivity contribution in [1.29, 1.82) is 0 Å². The normalized spacial score (nSPS) is 26.7. The Kier molecular flexibility index (Phi) is 3.44. The summed E-state index contributed by atoms with van der Waals surface area (Å²) in [7, 11) is 2.19. The first-order valence-electron chi connectivity index (χ1n) is 6.03. The van der Waals surface area contributed by atoms with E-state index in [1.54, 1.807) is 0 Å². The molecule has 0 radical (unpaired) electrons. The van der Waals surface area contributed by atoms with Crippen LogP contribution in [-0.4, -0.2) is 36.1 Å². The van der Waals surface area contributed by atoms with Gasteiger partial charge in [-0.05, 0) is 44.5 Å². The predicted molar refractivity (Wildman–Crippen MR) is 67.7 cm³/mol. The minimum Gasteiger partial charge on any atom is -0.367 e. The van der Waals surface area contributed by atoms with Crippen molar-refractivity contribution in [1.82, 2.24) is 9.88 Å². The molecule has 0 spiro atoms. The van der Waals surface area contributed by atoms with Crippen molar-refractivity contribution in [2.24, 2.45) is 5.92 Å². The smallest absolute Gasteiger partial charge is 0.129 e. The number of pyridine rings is 1. The molecule has 1 saturated heterocycles. The molecule has 2 heterocycles. The first kappa shape index (κ1) is 11.4. The summed E-state index contributed by atoms with van der Waals surface area (Å²) in [5, 5.41) is 3.58. The number of hydrogen-bond donors (Lipinski definition) is 1. The minimum atomic E-state index is 0.560. The highest BCUT2D eigenvalue weighted by Gasteiger charge is 2.24. The first-order chi connectivity index (χ1) is 7.66. The largest absolute Gasteiger partial charge is 0.367 e. The fourth-order valence-corrected chi connectivity index (χ4v) is 2.38. The van der Waals surface area contributed by atoms with Crippen LogP contribution in [0.5, 0.6) is 0 Å². The average molecular weight is 219 g/mol. The fourth-order valence-electron chi connectivity index (χ4n) is 2.38. The monoisotopic (exact) mass is 219 g/mol. The molecule has 2 unspecified atom stereocenters. The van der Waals surface area contributed by atoms with Crippen molar-refractivity contribution in [3.63, 3.8) is 0 Å². The van der Waals surface area contributed by atoms with Gasteiger partial charge in [0.15, 0.2) is 0 Å². The highest BCUT2D eigenvalue weighted by atomic mass is 15.1. The van der Waals surface area contributed by atoms with Gasteiger partial charge in [-0.3, -0.25) is 0 Å². The number of likely N-dealkylation sites (tertiary alicyclic amines) is 1. The number of rotatable bonds is 2. The minimum absolute atomic E-state index is 0.560. The average Bonchev–Trinajstić information content (AvgIpc) is 2.25. The summed E-state index contributed by atoms with van der Waals surface area (Å²) in [6, 6.07) is 4.65. The molecule has 0 amide bonds. The molecule has 1 N–H and O–H groups in total. The Labute approximate surface area is 97.9 Å². The molecular formula is C13H21N3. The lowest BCUT2D eigenvalue weighted by atomic mass is 9.94. The fraction of sp³-hybridized carbons (Fsp3) is 0.615. The Hall–Kier alpha value is -1.09. The Balaban J connectivity index is 2.02. The maximum atomic E-state index is 4.40. The van der Waals surface area contributed by atoms with Gasteiger partial charge >= 0.3 is 0 Å². The standard InChI is InChI=1S/C13H21N3/c1-10-5-4-7-14-13(10)15-12-6-8-16(3)9-11(12)2/h4-5,7,11-12H,6,8-9H2,1-3H3,(H,14,15). The number of aryl methyl sites for hydroxylation is 1. The van der Waals surface area contributed by atoms with E-state index in [1.807, 2.05) is 12.3 Å². The van der Waals surface area contributed by atoms with Crippen LogP contribution in [0.3, 0.4) is 0 Å². The molecule has 0 aliphatic carbocycles. The van der Waals surface area contributed by atoms with Crippen molar-refractivity contribution >= 4 is 5.82 Å². The second-order valence-corrected chi connectivity index (χ2v) is 4.95. The lowest BCUT2D eigenvalue weighted by Crippen LogP contribution is -2.43. The van der Waals surface area contributed by atoms with Gasteiger partial charge in [-0.2, -0.15) is 0 Å². The summed E-state index contributed by atoms with van der Waals surface area (Å²) < 4.78 is 0. The zero-order chi connectivity index (χ0) is 11.5. The van der Waals surface area contributed by atoms with E-state index in [0.29, 0.717) is 12.0 Å². The quantitative estimate of drug-likeness (QED) is 0.826. The van der Waals surface area contributed by atoms with Gasteiger partial charge in [-0.25, -0.2) is 4.98 Å². The topological polar surface area (TPSA) is 28.2 Å². The van der Waals surface area contributed by atoms with Crippen LogP contribution in [0.4, 0.5) is 5.82 Å². The molecule has 3 heteroatoms. The van der Waals surface area contributed by atoms with E-state index in [4.69, 9.17) is 0 Å². The van der Waals surface area contributed by atoms with Gasteiger partial charge in [-0.1, -0.05) is 13.0 Å². The molecule has 2 rings (SSSR count). The summed E-state index contributed by atoms with van der Waals surface area (Å²) >= 11 is 0. The van der Waals surface area contributed by atoms with E-state index >= 15 is 0 Å². The van der Waals surface area contributed by atoms with Crippen LogP contribution >= 0.6 is 0 Å². The summed E-state index contributed by atoms with van der Waals surface area (Å²) in [6.45, 7) is 6.76. The molecule has 1 fully saturated rings. The Morgan fingerprint density at radius 3 is 3.00 bits per heavy atom. The highest BCUT2D eigenvalue weighted by Crippen LogP contribution is 2.20. The van der Waals surface area contributed by atoms with Crippen LogP contribution in [0, 0.1) is 12.8 Å². The molecule has 1 aliphatic heterocycles. The third-order valence-corrected chi connectivity index (χ3v) is 3.44. The molecule has 16 heavy (non-hydrogen) atoms. The summed E-state index contributed by atoms with van der Waals surface area (Å²) in [5.74, 6) is 1.73. The van der Waals surface area contributed by atoms with Crippen LogP contribution in [0.1, 0.15) is 18.9 Å². The molecule has 0 aromatic carbocycles. The van der Waals surface area contributed by atoms with Gasteiger partial charge in [0.05, 0.1) is 0 Å². The van der Waals surface area contributed by atoms with E-state index in [1.165, 1.54) is 25.1 Å². The summed E-state index contributed by atoms with van der Waals surface area (Å²) in [5.41, 5.74) is 1.23. The Morgan fingerprint density at radius 2 is 2.31 bits per heavy atom. The van der Waals surface area contributed by atoms with Crippen molar-refractivity contribution in [2.45, 2.75) is 26.3 Å². The summed E-state index contributed by atoms with van der Waals surface area (Å²) in [4.78, 5) is 6.80. The molecule has 88 valence electrons. The van der Waals surface area contributed by atoms with E-state index < -0.39 is 0 Å². The number of piperidine rings is 1. The van der Waals surface area contributed by atoms with E-state index in [-0.39, 0.29) is 0 Å². The highest BCUT2D eigenvalue weighted by molar-refractivity contribution is 5.43. The maximum Gasteiger partial charge on any atom is 0.129 e. The molecule has 1 aliphatic rings. The van der Waals surface area contributed by atoms with E-state index in [2.05, 4.69) is 42.2 Å². The van der Waals surface area contributed by atoms with Crippen LogP contribution in [0.15, 0.2) is 18.3 Å². The Morgan fingerprint density at radius 1 is 1.50 bits per heavy atom. The van der Waals surface area contributed by atoms with Gasteiger partial charge in [-0.15, -0.1) is 0 Å². The van der Waals surface area contributed by atoms with Crippen molar-refractivity contribution in [2.75, 3.05) is 25.5 Å². The number of anilines is 1. The Bertz CT molecular complexity index is 351. The number of hydrogen-bond acceptors (Lipinski definition) is 3. The zero-order valence-electron chi connectivity index (χ0n) is 10.4. The SMILES string of the molecule is Cc1cccnc1NC1CCN(C)CC1C. The van der Waals surface area contributed by atoms with E-state index in [0.717, 1.165) is 5.82 Å². The molecule has 1 aromatic rings. The number of nitrogens with one attached hydrogen (secondary N) is 1. The number of nitrogens with zero attached hydrogens (tertiary/aromatic N) is 2. The number of aromatic nitrogens is 1. The molecule has 1 aromatic heterocycles. The predicted octanol–water partition coefficient (Wildman–Crippen LogP) is 2.14. The zero-order valence-corrected chi connectivity index (χ0v) is 10.4. The lowest BCUT2D eigenvalue weighted by molar-refractivity contribution is 0.206. The molecular weight excluding hydrogens is 198 g/mol. The molecule has 3 nitrogen and oxygen atoms in total. The molecule has 0 bridgehead atoms. The lowest BCUT2D eigenvalue weighted by Gasteiger charge is -2.35. The van der Waals surface area contributed by atoms with Crippen LogP contribution < -0.4 is 5.32 Å². The molecule has 2 atom stereocenters. The second kappa shape index (κ2) is 4.83. The first-order valence-corrected chi connectivity index (χ1v) is 6.03. The molecule has 0 saturated carbocycles. The van der Waals surface area contributed by atoms with Gasteiger partial charge in [0.25, 0.3) is 0 Å². The van der Waals surface area contributed by atoms with E-state index in [9.17, 15) is 0 Å². The van der Waals surface area contributed by atoms with Crippen molar-refractivity contribution < 1.29 is 0 Å². The van der Waals surface area contributed by atoms with Gasteiger partial charge < -0.3 is 10.2 Å². The third kappa shape index (κ3) is 2.53. The van der Waals surface area contributed by atoms with Crippen LogP contribution in [-0.2, 0) is 0 Å². The van der Waals surface area contributed by atoms with Gasteiger partial charge in [0.1, 0.15) is 5.82 Å². The van der Waals surface area contributed by atoms with Crippen molar-refractivity contribution in [3.8, 4) is 0 Å². The summed E-state index contributed by atoms with van der Waals surface area (Å²) in [6.07, 6.45) is 3.06. The van der Waals surface area contributed by atoms with Gasteiger partial charge in [0.2, 0.25) is 0 Å². The van der Waals surface area contributed by atoms with Crippen LogP contribution in [0.2, 0.25) is 0 Å². The third-order valence-electron chi connectivity index (χ3n) is 3.44. The van der Waals surface area contributed by atoms with Crippen LogP contribution in [0.25, 0.3) is 0 Å². The van der Waals surface area contributed by atoms with Gasteiger partial charge in [0, 0.05) is 18.8 Å².